The van der Waals surface area contributed by atoms with Crippen LogP contribution in [-0.2, 0) is 26.0 Å². The number of hydrogen-bond acceptors (Lipinski definition) is 5. The Hall–Kier alpha value is -2.61. The van der Waals surface area contributed by atoms with E-state index in [1.165, 1.54) is 31.5 Å². The minimum absolute atomic E-state index is 0.0724. The quantitative estimate of drug-likeness (QED) is 0.752. The first-order valence-electron chi connectivity index (χ1n) is 8.57. The Labute approximate surface area is 158 Å². The lowest BCUT2D eigenvalue weighted by Crippen LogP contribution is -2.25. The summed E-state index contributed by atoms with van der Waals surface area (Å²) in [6, 6.07) is 6.12. The third kappa shape index (κ3) is 3.75. The van der Waals surface area contributed by atoms with Crippen LogP contribution in [0.1, 0.15) is 43.6 Å². The molecule has 0 fully saturated rings. The van der Waals surface area contributed by atoms with Crippen molar-refractivity contribution in [2.24, 2.45) is 0 Å². The molecule has 1 aliphatic heterocycles. The van der Waals surface area contributed by atoms with Gasteiger partial charge >= 0.3 is 5.97 Å². The second kappa shape index (κ2) is 6.53. The Morgan fingerprint density at radius 1 is 1.15 bits per heavy atom. The smallest absolute Gasteiger partial charge is 0.340 e. The van der Waals surface area contributed by atoms with Gasteiger partial charge in [-0.15, -0.1) is 0 Å². The fourth-order valence-corrected chi connectivity index (χ4v) is 4.22. The second-order valence-corrected chi connectivity index (χ2v) is 9.29. The summed E-state index contributed by atoms with van der Waals surface area (Å²) in [4.78, 5) is 25.5. The first-order chi connectivity index (χ1) is 12.5. The van der Waals surface area contributed by atoms with Gasteiger partial charge in [0.1, 0.15) is 5.60 Å². The number of fused-ring (bicyclic) bond motifs is 1. The van der Waals surface area contributed by atoms with Crippen molar-refractivity contribution in [3.05, 3.63) is 47.8 Å². The maximum absolute atomic E-state index is 12.9. The number of anilines is 1. The summed E-state index contributed by atoms with van der Waals surface area (Å²) in [5.74, 6) is -0.653. The third-order valence-electron chi connectivity index (χ3n) is 4.20. The summed E-state index contributed by atoms with van der Waals surface area (Å²) in [5.41, 5.74) is 1.05. The third-order valence-corrected chi connectivity index (χ3v) is 5.84. The number of esters is 1. The molecule has 0 radical (unpaired) electrons. The van der Waals surface area contributed by atoms with E-state index in [4.69, 9.17) is 4.74 Å². The molecule has 0 atom stereocenters. The van der Waals surface area contributed by atoms with Crippen LogP contribution >= 0.6 is 0 Å². The van der Waals surface area contributed by atoms with E-state index in [1.807, 2.05) is 0 Å². The number of aromatic nitrogens is 1. The molecule has 1 amide bonds. The maximum Gasteiger partial charge on any atom is 0.340 e. The van der Waals surface area contributed by atoms with Gasteiger partial charge in [0.15, 0.2) is 0 Å². The van der Waals surface area contributed by atoms with E-state index in [0.29, 0.717) is 13.0 Å². The molecule has 8 heteroatoms. The molecule has 1 aromatic carbocycles. The molecule has 0 N–H and O–H groups in total. The van der Waals surface area contributed by atoms with Crippen molar-refractivity contribution in [1.29, 1.82) is 0 Å². The van der Waals surface area contributed by atoms with Crippen LogP contribution in [0, 0.1) is 0 Å². The van der Waals surface area contributed by atoms with E-state index in [-0.39, 0.29) is 16.4 Å². The minimum Gasteiger partial charge on any atom is -0.456 e. The van der Waals surface area contributed by atoms with Gasteiger partial charge in [0.25, 0.3) is 10.0 Å². The molecule has 0 unspecified atom stereocenters. The molecule has 0 saturated heterocycles. The van der Waals surface area contributed by atoms with Crippen molar-refractivity contribution < 1.29 is 22.7 Å². The Morgan fingerprint density at radius 3 is 2.48 bits per heavy atom. The Morgan fingerprint density at radius 2 is 1.85 bits per heavy atom. The van der Waals surface area contributed by atoms with Crippen LogP contribution in [0.5, 0.6) is 0 Å². The lowest BCUT2D eigenvalue weighted by Gasteiger charge is -2.18. The Balaban J connectivity index is 1.90. The molecule has 7 nitrogen and oxygen atoms in total. The Kier molecular flexibility index (Phi) is 4.63. The molecule has 1 aromatic heterocycles. The lowest BCUT2D eigenvalue weighted by molar-refractivity contribution is -0.116. The van der Waals surface area contributed by atoms with Gasteiger partial charge in [-0.3, -0.25) is 4.79 Å². The topological polar surface area (TPSA) is 85.7 Å². The van der Waals surface area contributed by atoms with Gasteiger partial charge in [0.2, 0.25) is 5.91 Å². The predicted molar refractivity (Wildman–Crippen MR) is 100 cm³/mol. The van der Waals surface area contributed by atoms with E-state index in [9.17, 15) is 18.0 Å². The van der Waals surface area contributed by atoms with Crippen LogP contribution in [0.3, 0.4) is 0 Å². The van der Waals surface area contributed by atoms with Gasteiger partial charge in [0.05, 0.1) is 10.5 Å². The molecular formula is C19H22N2O5S. The van der Waals surface area contributed by atoms with Crippen LogP contribution in [0.4, 0.5) is 5.69 Å². The highest BCUT2D eigenvalue weighted by atomic mass is 32.2. The summed E-state index contributed by atoms with van der Waals surface area (Å²) >= 11 is 0. The van der Waals surface area contributed by atoms with Gasteiger partial charge in [0, 0.05) is 31.5 Å². The Bertz CT molecular complexity index is 1010. The van der Waals surface area contributed by atoms with Crippen LogP contribution in [0.15, 0.2) is 41.6 Å². The van der Waals surface area contributed by atoms with Crippen molar-refractivity contribution >= 4 is 27.6 Å². The molecule has 144 valence electrons. The summed E-state index contributed by atoms with van der Waals surface area (Å²) in [6.45, 7) is 7.26. The molecule has 2 aromatic rings. The monoisotopic (exact) mass is 390 g/mol. The van der Waals surface area contributed by atoms with Crippen molar-refractivity contribution in [3.63, 3.8) is 0 Å². The van der Waals surface area contributed by atoms with Gasteiger partial charge < -0.3 is 9.64 Å². The zero-order chi connectivity index (χ0) is 20.0. The van der Waals surface area contributed by atoms with E-state index >= 15 is 0 Å². The molecule has 2 heterocycles. The predicted octanol–water partition coefficient (Wildman–Crippen LogP) is 2.59. The molecule has 27 heavy (non-hydrogen) atoms. The van der Waals surface area contributed by atoms with E-state index in [1.54, 1.807) is 37.8 Å². The van der Waals surface area contributed by atoms with Crippen LogP contribution in [0.25, 0.3) is 0 Å². The van der Waals surface area contributed by atoms with Crippen molar-refractivity contribution in [2.75, 3.05) is 11.4 Å². The van der Waals surface area contributed by atoms with E-state index in [0.717, 1.165) is 15.2 Å². The number of rotatable bonds is 3. The second-order valence-electron chi connectivity index (χ2n) is 7.45. The molecule has 0 spiro atoms. The number of hydrogen-bond donors (Lipinski definition) is 0. The molecule has 1 aliphatic rings. The highest BCUT2D eigenvalue weighted by Crippen LogP contribution is 2.31. The normalized spacial score (nSPS) is 14.1. The van der Waals surface area contributed by atoms with Crippen molar-refractivity contribution in [2.45, 2.75) is 44.6 Å². The zero-order valence-electron chi connectivity index (χ0n) is 15.7. The summed E-state index contributed by atoms with van der Waals surface area (Å²) in [7, 11) is -3.85. The highest BCUT2D eigenvalue weighted by Gasteiger charge is 2.26. The fourth-order valence-electron chi connectivity index (χ4n) is 2.97. The van der Waals surface area contributed by atoms with Gasteiger partial charge in [-0.05, 0) is 57.0 Å². The van der Waals surface area contributed by atoms with Gasteiger partial charge in [-0.1, -0.05) is 0 Å². The van der Waals surface area contributed by atoms with Crippen molar-refractivity contribution in [3.8, 4) is 0 Å². The van der Waals surface area contributed by atoms with Crippen LogP contribution in [-0.4, -0.2) is 36.4 Å². The van der Waals surface area contributed by atoms with Gasteiger partial charge in [-0.2, -0.15) is 0 Å². The number of carbonyl (C=O) groups excluding carboxylic acids is 2. The van der Waals surface area contributed by atoms with E-state index < -0.39 is 21.6 Å². The lowest BCUT2D eigenvalue weighted by atomic mass is 10.2. The average Bonchev–Trinajstić information content (AvgIpc) is 3.20. The average molecular weight is 390 g/mol. The SMILES string of the molecule is CC(=O)N1CCc2cc(S(=O)(=O)n3ccc(C(=O)OC(C)(C)C)c3)ccc21. The van der Waals surface area contributed by atoms with Crippen LogP contribution in [0.2, 0.25) is 0 Å². The maximum atomic E-state index is 12.9. The summed E-state index contributed by atoms with van der Waals surface area (Å²) in [6.07, 6.45) is 3.18. The molecule has 3 rings (SSSR count). The van der Waals surface area contributed by atoms with Gasteiger partial charge in [-0.25, -0.2) is 17.2 Å². The minimum atomic E-state index is -3.85. The number of ether oxygens (including phenoxy) is 1. The number of amides is 1. The number of nitrogens with zero attached hydrogens (tertiary/aromatic N) is 2. The fraction of sp³-hybridized carbons (Fsp3) is 0.368. The van der Waals surface area contributed by atoms with Crippen molar-refractivity contribution in [1.82, 2.24) is 3.97 Å². The van der Waals surface area contributed by atoms with E-state index in [2.05, 4.69) is 0 Å². The molecule has 0 aliphatic carbocycles. The molecular weight excluding hydrogens is 368 g/mol. The first kappa shape index (κ1) is 19.2. The molecule has 0 saturated carbocycles. The highest BCUT2D eigenvalue weighted by molar-refractivity contribution is 7.90. The van der Waals surface area contributed by atoms with Crippen LogP contribution < -0.4 is 4.90 Å². The number of benzene rings is 1. The number of carbonyl (C=O) groups is 2. The zero-order valence-corrected chi connectivity index (χ0v) is 16.5. The summed E-state index contributed by atoms with van der Waals surface area (Å²) < 4.78 is 32.1. The standard InChI is InChI=1S/C19H22N2O5S/c1-13(22)21-10-8-14-11-16(5-6-17(14)21)27(24,25)20-9-7-15(12-20)18(23)26-19(2,3)4/h5-7,9,11-12H,8,10H2,1-4H3. The summed E-state index contributed by atoms with van der Waals surface area (Å²) in [5, 5.41) is 0. The first-order valence-corrected chi connectivity index (χ1v) is 10.0. The largest absolute Gasteiger partial charge is 0.456 e. The molecule has 0 bridgehead atoms.